The first-order valence-corrected chi connectivity index (χ1v) is 4.33. The van der Waals surface area contributed by atoms with E-state index < -0.39 is 0 Å². The van der Waals surface area contributed by atoms with Crippen LogP contribution >= 0.6 is 0 Å². The molecule has 1 heteroatoms. The van der Waals surface area contributed by atoms with Gasteiger partial charge in [0.1, 0.15) is 0 Å². The van der Waals surface area contributed by atoms with Crippen LogP contribution in [0.1, 0.15) is 19.8 Å². The third-order valence-electron chi connectivity index (χ3n) is 2.23. The Kier molecular flexibility index (Phi) is 3.37. The Labute approximate surface area is 69.2 Å². The molecule has 1 nitrogen and oxygen atoms in total. The van der Waals surface area contributed by atoms with Crippen LogP contribution < -0.4 is 5.32 Å². The van der Waals surface area contributed by atoms with Crippen molar-refractivity contribution in [1.82, 2.24) is 5.32 Å². The van der Waals surface area contributed by atoms with E-state index in [-0.39, 0.29) is 0 Å². The van der Waals surface area contributed by atoms with Crippen LogP contribution in [0.25, 0.3) is 0 Å². The lowest BCUT2D eigenvalue weighted by Crippen LogP contribution is -2.41. The van der Waals surface area contributed by atoms with E-state index >= 15 is 0 Å². The Morgan fingerprint density at radius 1 is 1.64 bits per heavy atom. The molecular weight excluding hydrogens is 134 g/mol. The van der Waals surface area contributed by atoms with Crippen molar-refractivity contribution >= 4 is 0 Å². The van der Waals surface area contributed by atoms with Crippen molar-refractivity contribution in [2.75, 3.05) is 13.1 Å². The van der Waals surface area contributed by atoms with Crippen LogP contribution in [-0.4, -0.2) is 13.1 Å². The van der Waals surface area contributed by atoms with Gasteiger partial charge >= 0.3 is 0 Å². The minimum atomic E-state index is 0.934. The van der Waals surface area contributed by atoms with Gasteiger partial charge in [-0.2, -0.15) is 0 Å². The number of hydrogen-bond acceptors (Lipinski definition) is 1. The van der Waals surface area contributed by atoms with E-state index in [1.54, 1.807) is 0 Å². The lowest BCUT2D eigenvalue weighted by atomic mass is 9.97. The summed E-state index contributed by atoms with van der Waals surface area (Å²) in [5.41, 5.74) is 1.30. The maximum absolute atomic E-state index is 3.71. The molecule has 1 heterocycles. The van der Waals surface area contributed by atoms with Crippen molar-refractivity contribution in [3.63, 3.8) is 0 Å². The highest BCUT2D eigenvalue weighted by Crippen LogP contribution is 2.12. The summed E-state index contributed by atoms with van der Waals surface area (Å²) in [6.45, 7) is 8.26. The summed E-state index contributed by atoms with van der Waals surface area (Å²) in [6, 6.07) is 0. The van der Waals surface area contributed by atoms with Gasteiger partial charge in [0.05, 0.1) is 0 Å². The largest absolute Gasteiger partial charge is 0.316 e. The van der Waals surface area contributed by atoms with E-state index in [9.17, 15) is 0 Å². The van der Waals surface area contributed by atoms with E-state index in [4.69, 9.17) is 0 Å². The smallest absolute Gasteiger partial charge is 0.000814 e. The van der Waals surface area contributed by atoms with Crippen LogP contribution in [0.3, 0.4) is 0 Å². The highest BCUT2D eigenvalue weighted by atomic mass is 14.9. The predicted molar refractivity (Wildman–Crippen MR) is 49.5 cm³/mol. The SMILES string of the molecule is C=C/C(C)=C/CCC1CNC1. The molecule has 0 atom stereocenters. The molecule has 11 heavy (non-hydrogen) atoms. The van der Waals surface area contributed by atoms with Crippen LogP contribution in [-0.2, 0) is 0 Å². The summed E-state index contributed by atoms with van der Waals surface area (Å²) in [5.74, 6) is 0.934. The molecule has 1 N–H and O–H groups in total. The average molecular weight is 151 g/mol. The zero-order chi connectivity index (χ0) is 8.10. The van der Waals surface area contributed by atoms with E-state index in [0.717, 1.165) is 5.92 Å². The van der Waals surface area contributed by atoms with Gasteiger partial charge in [-0.25, -0.2) is 0 Å². The molecule has 1 aliphatic rings. The molecule has 0 unspecified atom stereocenters. The first-order chi connectivity index (χ1) is 5.33. The van der Waals surface area contributed by atoms with Crippen molar-refractivity contribution in [1.29, 1.82) is 0 Å². The van der Waals surface area contributed by atoms with Crippen molar-refractivity contribution in [3.05, 3.63) is 24.3 Å². The van der Waals surface area contributed by atoms with Gasteiger partial charge in [-0.05, 0) is 38.8 Å². The second-order valence-corrected chi connectivity index (χ2v) is 3.25. The number of hydrogen-bond donors (Lipinski definition) is 1. The molecule has 0 radical (unpaired) electrons. The Bertz CT molecular complexity index is 154. The van der Waals surface area contributed by atoms with Crippen LogP contribution in [0.4, 0.5) is 0 Å². The van der Waals surface area contributed by atoms with E-state index in [2.05, 4.69) is 24.9 Å². The molecule has 1 rings (SSSR count). The van der Waals surface area contributed by atoms with Gasteiger partial charge in [0.15, 0.2) is 0 Å². The molecule has 0 saturated carbocycles. The van der Waals surface area contributed by atoms with Gasteiger partial charge in [0, 0.05) is 0 Å². The van der Waals surface area contributed by atoms with Crippen LogP contribution in [0.15, 0.2) is 24.3 Å². The minimum absolute atomic E-state index is 0.934. The van der Waals surface area contributed by atoms with Crippen LogP contribution in [0.5, 0.6) is 0 Å². The predicted octanol–water partition coefficient (Wildman–Crippen LogP) is 2.12. The second-order valence-electron chi connectivity index (χ2n) is 3.25. The quantitative estimate of drug-likeness (QED) is 0.607. The lowest BCUT2D eigenvalue weighted by Gasteiger charge is -2.26. The number of rotatable bonds is 4. The summed E-state index contributed by atoms with van der Waals surface area (Å²) in [7, 11) is 0. The molecular formula is C10H17N. The Morgan fingerprint density at radius 3 is 2.82 bits per heavy atom. The topological polar surface area (TPSA) is 12.0 Å². The second kappa shape index (κ2) is 4.35. The molecule has 0 spiro atoms. The molecule has 0 aliphatic carbocycles. The van der Waals surface area contributed by atoms with Crippen molar-refractivity contribution in [2.24, 2.45) is 5.92 Å². The van der Waals surface area contributed by atoms with E-state index in [0.29, 0.717) is 0 Å². The molecule has 1 saturated heterocycles. The zero-order valence-corrected chi connectivity index (χ0v) is 7.27. The molecule has 0 amide bonds. The lowest BCUT2D eigenvalue weighted by molar-refractivity contribution is 0.329. The van der Waals surface area contributed by atoms with Crippen LogP contribution in [0, 0.1) is 5.92 Å². The minimum Gasteiger partial charge on any atom is -0.316 e. The third kappa shape index (κ3) is 2.89. The summed E-state index contributed by atoms with van der Waals surface area (Å²) >= 11 is 0. The van der Waals surface area contributed by atoms with E-state index in [1.807, 2.05) is 6.08 Å². The monoisotopic (exact) mass is 151 g/mol. The van der Waals surface area contributed by atoms with Crippen molar-refractivity contribution in [2.45, 2.75) is 19.8 Å². The molecule has 0 aromatic heterocycles. The van der Waals surface area contributed by atoms with Gasteiger partial charge in [-0.3, -0.25) is 0 Å². The van der Waals surface area contributed by atoms with Gasteiger partial charge in [-0.1, -0.05) is 24.3 Å². The maximum atomic E-state index is 3.71. The molecule has 1 aliphatic heterocycles. The summed E-state index contributed by atoms with van der Waals surface area (Å²) < 4.78 is 0. The maximum Gasteiger partial charge on any atom is -0.000814 e. The fourth-order valence-corrected chi connectivity index (χ4v) is 1.18. The summed E-state index contributed by atoms with van der Waals surface area (Å²) in [5, 5.41) is 3.27. The average Bonchev–Trinajstić information content (AvgIpc) is 1.94. The highest BCUT2D eigenvalue weighted by Gasteiger charge is 2.14. The Balaban J connectivity index is 2.06. The Morgan fingerprint density at radius 2 is 2.36 bits per heavy atom. The van der Waals surface area contributed by atoms with E-state index in [1.165, 1.54) is 31.5 Å². The summed E-state index contributed by atoms with van der Waals surface area (Å²) in [4.78, 5) is 0. The van der Waals surface area contributed by atoms with Gasteiger partial charge in [0.25, 0.3) is 0 Å². The van der Waals surface area contributed by atoms with Gasteiger partial charge < -0.3 is 5.32 Å². The molecule has 62 valence electrons. The Hall–Kier alpha value is -0.560. The summed E-state index contributed by atoms with van der Waals surface area (Å²) in [6.07, 6.45) is 6.73. The fourth-order valence-electron chi connectivity index (χ4n) is 1.18. The fraction of sp³-hybridized carbons (Fsp3) is 0.600. The van der Waals surface area contributed by atoms with Crippen molar-refractivity contribution in [3.8, 4) is 0 Å². The highest BCUT2D eigenvalue weighted by molar-refractivity contribution is 5.12. The van der Waals surface area contributed by atoms with Gasteiger partial charge in [-0.15, -0.1) is 0 Å². The molecule has 0 aromatic carbocycles. The zero-order valence-electron chi connectivity index (χ0n) is 7.27. The third-order valence-corrected chi connectivity index (χ3v) is 2.23. The standard InChI is InChI=1S/C10H17N/c1-3-9(2)5-4-6-10-7-11-8-10/h3,5,10-11H,1,4,6-8H2,2H3/b9-5+. The molecule has 0 bridgehead atoms. The van der Waals surface area contributed by atoms with Gasteiger partial charge in [0.2, 0.25) is 0 Å². The molecule has 0 aromatic rings. The molecule has 1 fully saturated rings. The number of allylic oxidation sites excluding steroid dienone is 3. The number of nitrogens with one attached hydrogen (secondary N) is 1. The normalized spacial score (nSPS) is 19.5. The first-order valence-electron chi connectivity index (χ1n) is 4.33. The first kappa shape index (κ1) is 8.54. The van der Waals surface area contributed by atoms with Crippen molar-refractivity contribution < 1.29 is 0 Å². The van der Waals surface area contributed by atoms with Crippen LogP contribution in [0.2, 0.25) is 0 Å².